The zero-order chi connectivity index (χ0) is 13.9. The summed E-state index contributed by atoms with van der Waals surface area (Å²) in [7, 11) is -3.47. The number of nitrogens with one attached hydrogen (secondary N) is 1. The topological polar surface area (TPSA) is 70.0 Å². The molecule has 1 aliphatic carbocycles. The molecule has 19 heavy (non-hydrogen) atoms. The summed E-state index contributed by atoms with van der Waals surface area (Å²) < 4.78 is 27.2. The number of hydrogen-bond acceptors (Lipinski definition) is 3. The lowest BCUT2D eigenvalue weighted by atomic mass is 9.88. The summed E-state index contributed by atoms with van der Waals surface area (Å²) in [5, 5.41) is 8.71. The molecule has 102 valence electrons. The zero-order valence-corrected chi connectivity index (χ0v) is 11.8. The number of rotatable bonds is 3. The van der Waals surface area contributed by atoms with Crippen molar-refractivity contribution in [3.63, 3.8) is 0 Å². The highest BCUT2D eigenvalue weighted by Gasteiger charge is 2.24. The van der Waals surface area contributed by atoms with Gasteiger partial charge in [-0.2, -0.15) is 5.26 Å². The lowest BCUT2D eigenvalue weighted by molar-refractivity contribution is 0.327. The van der Waals surface area contributed by atoms with Gasteiger partial charge >= 0.3 is 0 Å². The Morgan fingerprint density at radius 3 is 2.53 bits per heavy atom. The Morgan fingerprint density at radius 1 is 1.26 bits per heavy atom. The van der Waals surface area contributed by atoms with Crippen molar-refractivity contribution in [3.8, 4) is 6.07 Å². The van der Waals surface area contributed by atoms with Crippen molar-refractivity contribution in [2.75, 3.05) is 0 Å². The van der Waals surface area contributed by atoms with Gasteiger partial charge in [-0.25, -0.2) is 13.1 Å². The molecule has 2 rings (SSSR count). The van der Waals surface area contributed by atoms with Crippen LogP contribution >= 0.6 is 0 Å². The molecule has 5 heteroatoms. The first-order chi connectivity index (χ1) is 9.01. The lowest BCUT2D eigenvalue weighted by Gasteiger charge is -2.27. The third kappa shape index (κ3) is 3.55. The van der Waals surface area contributed by atoms with E-state index in [0.717, 1.165) is 19.3 Å². The second kappa shape index (κ2) is 5.72. The average molecular weight is 278 g/mol. The van der Waals surface area contributed by atoms with Crippen molar-refractivity contribution in [2.45, 2.75) is 43.5 Å². The smallest absolute Gasteiger partial charge is 0.208 e. The Balaban J connectivity index is 2.11. The largest absolute Gasteiger partial charge is 0.240 e. The SMILES string of the molecule is CC1CCCC(NS(=O)(=O)c2ccc(C#N)cc2)C1. The van der Waals surface area contributed by atoms with E-state index < -0.39 is 10.0 Å². The van der Waals surface area contributed by atoms with Gasteiger partial charge in [0.1, 0.15) is 0 Å². The van der Waals surface area contributed by atoms with Gasteiger partial charge in [0, 0.05) is 6.04 Å². The molecule has 2 atom stereocenters. The Kier molecular flexibility index (Phi) is 4.23. The third-order valence-corrected chi connectivity index (χ3v) is 5.09. The van der Waals surface area contributed by atoms with E-state index in [9.17, 15) is 8.42 Å². The quantitative estimate of drug-likeness (QED) is 0.923. The van der Waals surface area contributed by atoms with Crippen LogP contribution in [0.15, 0.2) is 29.2 Å². The molecule has 1 N–H and O–H groups in total. The van der Waals surface area contributed by atoms with Crippen LogP contribution in [0.1, 0.15) is 38.2 Å². The van der Waals surface area contributed by atoms with Crippen molar-refractivity contribution in [3.05, 3.63) is 29.8 Å². The first kappa shape index (κ1) is 14.0. The van der Waals surface area contributed by atoms with Crippen LogP contribution in [0, 0.1) is 17.2 Å². The molecule has 1 aliphatic rings. The van der Waals surface area contributed by atoms with Gasteiger partial charge in [-0.1, -0.05) is 19.8 Å². The standard InChI is InChI=1S/C14H18N2O2S/c1-11-3-2-4-13(9-11)16-19(17,18)14-7-5-12(10-15)6-8-14/h5-8,11,13,16H,2-4,9H2,1H3. The maximum atomic E-state index is 12.2. The van der Waals surface area contributed by atoms with Gasteiger partial charge < -0.3 is 0 Å². The molecule has 4 nitrogen and oxygen atoms in total. The highest BCUT2D eigenvalue weighted by atomic mass is 32.2. The van der Waals surface area contributed by atoms with E-state index in [-0.39, 0.29) is 10.9 Å². The van der Waals surface area contributed by atoms with Crippen molar-refractivity contribution < 1.29 is 8.42 Å². The van der Waals surface area contributed by atoms with Crippen LogP contribution in [0.3, 0.4) is 0 Å². The second-order valence-corrected chi connectivity index (χ2v) is 6.94. The number of benzene rings is 1. The average Bonchev–Trinajstić information content (AvgIpc) is 2.38. The molecule has 0 bridgehead atoms. The van der Waals surface area contributed by atoms with E-state index in [0.29, 0.717) is 11.5 Å². The molecule has 0 radical (unpaired) electrons. The number of nitrogens with zero attached hydrogens (tertiary/aromatic N) is 1. The molecule has 1 aromatic rings. The van der Waals surface area contributed by atoms with Gasteiger partial charge in [0.2, 0.25) is 10.0 Å². The van der Waals surface area contributed by atoms with Crippen LogP contribution in [0.4, 0.5) is 0 Å². The fraction of sp³-hybridized carbons (Fsp3) is 0.500. The Labute approximate surface area is 114 Å². The molecule has 0 spiro atoms. The van der Waals surface area contributed by atoms with Crippen LogP contribution in [-0.2, 0) is 10.0 Å². The first-order valence-corrected chi connectivity index (χ1v) is 8.02. The molecule has 0 aromatic heterocycles. The summed E-state index contributed by atoms with van der Waals surface area (Å²) in [5.41, 5.74) is 0.463. The second-order valence-electron chi connectivity index (χ2n) is 5.23. The normalized spacial score (nSPS) is 23.8. The molecule has 1 aromatic carbocycles. The van der Waals surface area contributed by atoms with Gasteiger partial charge in [-0.3, -0.25) is 0 Å². The number of hydrogen-bond donors (Lipinski definition) is 1. The highest BCUT2D eigenvalue weighted by Crippen LogP contribution is 2.24. The van der Waals surface area contributed by atoms with Gasteiger partial charge in [0.05, 0.1) is 16.5 Å². The van der Waals surface area contributed by atoms with Crippen molar-refractivity contribution >= 4 is 10.0 Å². The van der Waals surface area contributed by atoms with Crippen LogP contribution in [0.2, 0.25) is 0 Å². The zero-order valence-electron chi connectivity index (χ0n) is 11.0. The summed E-state index contributed by atoms with van der Waals surface area (Å²) >= 11 is 0. The van der Waals surface area contributed by atoms with Crippen LogP contribution < -0.4 is 4.72 Å². The number of sulfonamides is 1. The minimum Gasteiger partial charge on any atom is -0.208 e. The van der Waals surface area contributed by atoms with Crippen molar-refractivity contribution in [1.29, 1.82) is 5.26 Å². The maximum absolute atomic E-state index is 12.2. The highest BCUT2D eigenvalue weighted by molar-refractivity contribution is 7.89. The van der Waals surface area contributed by atoms with E-state index in [1.54, 1.807) is 0 Å². The van der Waals surface area contributed by atoms with Gasteiger partial charge in [0.15, 0.2) is 0 Å². The molecule has 1 fully saturated rings. The Hall–Kier alpha value is -1.38. The first-order valence-electron chi connectivity index (χ1n) is 6.54. The van der Waals surface area contributed by atoms with Gasteiger partial charge in [-0.15, -0.1) is 0 Å². The molecule has 0 heterocycles. The molecule has 2 unspecified atom stereocenters. The molecule has 0 saturated heterocycles. The molecular formula is C14H18N2O2S. The van der Waals surface area contributed by atoms with E-state index in [2.05, 4.69) is 11.6 Å². The summed E-state index contributed by atoms with van der Waals surface area (Å²) in [4.78, 5) is 0.227. The summed E-state index contributed by atoms with van der Waals surface area (Å²) in [6.45, 7) is 2.15. The van der Waals surface area contributed by atoms with Gasteiger partial charge in [-0.05, 0) is 43.0 Å². The monoisotopic (exact) mass is 278 g/mol. The fourth-order valence-corrected chi connectivity index (χ4v) is 3.82. The van der Waals surface area contributed by atoms with Crippen LogP contribution in [0.25, 0.3) is 0 Å². The Bertz CT molecular complexity index is 572. The molecular weight excluding hydrogens is 260 g/mol. The molecule has 1 saturated carbocycles. The maximum Gasteiger partial charge on any atom is 0.240 e. The Morgan fingerprint density at radius 2 is 1.95 bits per heavy atom. The van der Waals surface area contributed by atoms with Gasteiger partial charge in [0.25, 0.3) is 0 Å². The number of nitriles is 1. The van der Waals surface area contributed by atoms with Crippen molar-refractivity contribution in [2.24, 2.45) is 5.92 Å². The third-order valence-electron chi connectivity index (χ3n) is 3.55. The van der Waals surface area contributed by atoms with E-state index >= 15 is 0 Å². The van der Waals surface area contributed by atoms with Crippen LogP contribution in [0.5, 0.6) is 0 Å². The minimum absolute atomic E-state index is 0.0318. The minimum atomic E-state index is -3.47. The fourth-order valence-electron chi connectivity index (χ4n) is 2.54. The predicted molar refractivity (Wildman–Crippen MR) is 72.9 cm³/mol. The summed E-state index contributed by atoms with van der Waals surface area (Å²) in [6.07, 6.45) is 4.05. The lowest BCUT2D eigenvalue weighted by Crippen LogP contribution is -2.37. The predicted octanol–water partition coefficient (Wildman–Crippen LogP) is 2.42. The van der Waals surface area contributed by atoms with E-state index in [1.165, 1.54) is 30.7 Å². The van der Waals surface area contributed by atoms with E-state index in [4.69, 9.17) is 5.26 Å². The van der Waals surface area contributed by atoms with E-state index in [1.807, 2.05) is 6.07 Å². The summed E-state index contributed by atoms with van der Waals surface area (Å²) in [6, 6.07) is 8.02. The van der Waals surface area contributed by atoms with Crippen LogP contribution in [-0.4, -0.2) is 14.5 Å². The summed E-state index contributed by atoms with van der Waals surface area (Å²) in [5.74, 6) is 0.572. The van der Waals surface area contributed by atoms with Crippen molar-refractivity contribution in [1.82, 2.24) is 4.72 Å². The molecule has 0 amide bonds. The molecule has 0 aliphatic heterocycles.